The topological polar surface area (TPSA) is 62.6 Å². The van der Waals surface area contributed by atoms with E-state index in [9.17, 15) is 9.59 Å². The molecular formula is C23H30N2O3. The van der Waals surface area contributed by atoms with Crippen molar-refractivity contribution in [2.24, 2.45) is 11.8 Å². The molecule has 28 heavy (non-hydrogen) atoms. The molecule has 0 aliphatic carbocycles. The SMILES string of the molecule is CC(C)Cc1ccc(C(C)NC(=O)C2CCCN(C(=O)c3ccco3)C2)cc1. The van der Waals surface area contributed by atoms with E-state index in [-0.39, 0.29) is 23.8 Å². The van der Waals surface area contributed by atoms with Gasteiger partial charge in [0.1, 0.15) is 0 Å². The minimum atomic E-state index is -0.185. The zero-order chi connectivity index (χ0) is 20.1. The van der Waals surface area contributed by atoms with E-state index in [1.54, 1.807) is 17.0 Å². The summed E-state index contributed by atoms with van der Waals surface area (Å²) in [4.78, 5) is 27.0. The molecule has 2 unspecified atom stereocenters. The molecule has 0 bridgehead atoms. The molecule has 2 amide bonds. The van der Waals surface area contributed by atoms with Crippen LogP contribution in [0.15, 0.2) is 47.1 Å². The van der Waals surface area contributed by atoms with Crippen molar-refractivity contribution in [3.8, 4) is 0 Å². The molecule has 3 rings (SSSR count). The van der Waals surface area contributed by atoms with Crippen LogP contribution in [0.3, 0.4) is 0 Å². The van der Waals surface area contributed by atoms with E-state index in [0.717, 1.165) is 24.8 Å². The molecule has 1 aromatic carbocycles. The van der Waals surface area contributed by atoms with Crippen molar-refractivity contribution in [1.82, 2.24) is 10.2 Å². The summed E-state index contributed by atoms with van der Waals surface area (Å²) in [7, 11) is 0. The van der Waals surface area contributed by atoms with Crippen LogP contribution in [0.1, 0.15) is 61.3 Å². The van der Waals surface area contributed by atoms with Crippen molar-refractivity contribution in [2.75, 3.05) is 13.1 Å². The highest BCUT2D eigenvalue weighted by Crippen LogP contribution is 2.21. The van der Waals surface area contributed by atoms with Gasteiger partial charge >= 0.3 is 0 Å². The summed E-state index contributed by atoms with van der Waals surface area (Å²) in [6, 6.07) is 11.8. The summed E-state index contributed by atoms with van der Waals surface area (Å²) in [6.45, 7) is 7.52. The van der Waals surface area contributed by atoms with Crippen LogP contribution in [0.2, 0.25) is 0 Å². The van der Waals surface area contributed by atoms with E-state index in [2.05, 4.69) is 43.4 Å². The average molecular weight is 383 g/mol. The number of likely N-dealkylation sites (tertiary alicyclic amines) is 1. The lowest BCUT2D eigenvalue weighted by Crippen LogP contribution is -2.45. The third-order valence-electron chi connectivity index (χ3n) is 5.29. The standard InChI is InChI=1S/C23H30N2O3/c1-16(2)14-18-8-10-19(11-9-18)17(3)24-22(26)20-6-4-12-25(15-20)23(27)21-7-5-13-28-21/h5,7-11,13,16-17,20H,4,6,12,14-15H2,1-3H3,(H,24,26). The Labute approximate surface area is 167 Å². The van der Waals surface area contributed by atoms with Crippen LogP contribution in [-0.2, 0) is 11.2 Å². The first-order chi connectivity index (χ1) is 13.4. The summed E-state index contributed by atoms with van der Waals surface area (Å²) in [6.07, 6.45) is 4.18. The number of carbonyl (C=O) groups excluding carboxylic acids is 2. The summed E-state index contributed by atoms with van der Waals surface area (Å²) in [5, 5.41) is 3.12. The number of piperidine rings is 1. The van der Waals surface area contributed by atoms with Crippen LogP contribution < -0.4 is 5.32 Å². The third-order valence-corrected chi connectivity index (χ3v) is 5.29. The van der Waals surface area contributed by atoms with Gasteiger partial charge in [-0.3, -0.25) is 9.59 Å². The summed E-state index contributed by atoms with van der Waals surface area (Å²) < 4.78 is 5.21. The first-order valence-electron chi connectivity index (χ1n) is 10.2. The number of amides is 2. The second-order valence-corrected chi connectivity index (χ2v) is 8.14. The van der Waals surface area contributed by atoms with Crippen molar-refractivity contribution in [1.29, 1.82) is 0 Å². The van der Waals surface area contributed by atoms with Crippen molar-refractivity contribution in [3.63, 3.8) is 0 Å². The Hall–Kier alpha value is -2.56. The van der Waals surface area contributed by atoms with Gasteiger partial charge in [-0.1, -0.05) is 38.1 Å². The maximum atomic E-state index is 12.8. The van der Waals surface area contributed by atoms with Crippen LogP contribution in [-0.4, -0.2) is 29.8 Å². The van der Waals surface area contributed by atoms with Crippen molar-refractivity contribution < 1.29 is 14.0 Å². The van der Waals surface area contributed by atoms with Crippen LogP contribution in [0, 0.1) is 11.8 Å². The predicted molar refractivity (Wildman–Crippen MR) is 109 cm³/mol. The lowest BCUT2D eigenvalue weighted by Gasteiger charge is -2.32. The normalized spacial score (nSPS) is 18.1. The number of benzene rings is 1. The molecule has 1 aliphatic rings. The Morgan fingerprint density at radius 2 is 1.93 bits per heavy atom. The maximum absolute atomic E-state index is 12.8. The quantitative estimate of drug-likeness (QED) is 0.814. The molecule has 1 aromatic heterocycles. The molecule has 1 saturated heterocycles. The smallest absolute Gasteiger partial charge is 0.289 e. The number of nitrogens with zero attached hydrogens (tertiary/aromatic N) is 1. The van der Waals surface area contributed by atoms with Gasteiger partial charge in [0.25, 0.3) is 5.91 Å². The highest BCUT2D eigenvalue weighted by Gasteiger charge is 2.30. The number of carbonyl (C=O) groups is 2. The zero-order valence-corrected chi connectivity index (χ0v) is 17.0. The van der Waals surface area contributed by atoms with Crippen LogP contribution in [0.4, 0.5) is 0 Å². The molecule has 0 saturated carbocycles. The lowest BCUT2D eigenvalue weighted by molar-refractivity contribution is -0.127. The van der Waals surface area contributed by atoms with E-state index >= 15 is 0 Å². The highest BCUT2D eigenvalue weighted by molar-refractivity contribution is 5.92. The van der Waals surface area contributed by atoms with Gasteiger partial charge in [-0.05, 0) is 55.4 Å². The average Bonchev–Trinajstić information content (AvgIpc) is 3.22. The fourth-order valence-corrected chi connectivity index (χ4v) is 3.76. The van der Waals surface area contributed by atoms with E-state index in [0.29, 0.717) is 24.8 Å². The molecule has 2 atom stereocenters. The number of rotatable bonds is 6. The molecular weight excluding hydrogens is 352 g/mol. The van der Waals surface area contributed by atoms with E-state index in [1.165, 1.54) is 11.8 Å². The summed E-state index contributed by atoms with van der Waals surface area (Å²) >= 11 is 0. The number of hydrogen-bond donors (Lipinski definition) is 1. The zero-order valence-electron chi connectivity index (χ0n) is 17.0. The number of furan rings is 1. The van der Waals surface area contributed by atoms with Crippen LogP contribution in [0.25, 0.3) is 0 Å². The van der Waals surface area contributed by atoms with Gasteiger partial charge in [0.05, 0.1) is 18.2 Å². The van der Waals surface area contributed by atoms with Gasteiger partial charge in [-0.2, -0.15) is 0 Å². The van der Waals surface area contributed by atoms with Crippen molar-refractivity contribution in [3.05, 3.63) is 59.5 Å². The van der Waals surface area contributed by atoms with Gasteiger partial charge in [0.15, 0.2) is 5.76 Å². The molecule has 150 valence electrons. The van der Waals surface area contributed by atoms with Crippen LogP contribution in [0.5, 0.6) is 0 Å². The predicted octanol–water partition coefficient (Wildman–Crippen LogP) is 4.21. The van der Waals surface area contributed by atoms with E-state index < -0.39 is 0 Å². The molecule has 1 N–H and O–H groups in total. The van der Waals surface area contributed by atoms with Gasteiger partial charge in [0.2, 0.25) is 5.91 Å². The minimum absolute atomic E-state index is 0.00991. The Bertz CT molecular complexity index is 781. The van der Waals surface area contributed by atoms with Crippen molar-refractivity contribution in [2.45, 2.75) is 46.1 Å². The monoisotopic (exact) mass is 382 g/mol. The Kier molecular flexibility index (Phi) is 6.55. The van der Waals surface area contributed by atoms with Gasteiger partial charge < -0.3 is 14.6 Å². The molecule has 1 aliphatic heterocycles. The molecule has 5 nitrogen and oxygen atoms in total. The van der Waals surface area contributed by atoms with Gasteiger partial charge in [0, 0.05) is 13.1 Å². The number of nitrogens with one attached hydrogen (secondary N) is 1. The lowest BCUT2D eigenvalue weighted by atomic mass is 9.95. The molecule has 0 radical (unpaired) electrons. The highest BCUT2D eigenvalue weighted by atomic mass is 16.3. The maximum Gasteiger partial charge on any atom is 0.289 e. The Morgan fingerprint density at radius 3 is 2.57 bits per heavy atom. The summed E-state index contributed by atoms with van der Waals surface area (Å²) in [5.74, 6) is 0.638. The van der Waals surface area contributed by atoms with Crippen molar-refractivity contribution >= 4 is 11.8 Å². The fourth-order valence-electron chi connectivity index (χ4n) is 3.76. The fraction of sp³-hybridized carbons (Fsp3) is 0.478. The number of hydrogen-bond acceptors (Lipinski definition) is 3. The minimum Gasteiger partial charge on any atom is -0.459 e. The second kappa shape index (κ2) is 9.09. The molecule has 1 fully saturated rings. The van der Waals surface area contributed by atoms with E-state index in [1.807, 2.05) is 6.92 Å². The first-order valence-corrected chi connectivity index (χ1v) is 10.2. The van der Waals surface area contributed by atoms with Gasteiger partial charge in [-0.15, -0.1) is 0 Å². The largest absolute Gasteiger partial charge is 0.459 e. The van der Waals surface area contributed by atoms with Crippen LogP contribution >= 0.6 is 0 Å². The second-order valence-electron chi connectivity index (χ2n) is 8.14. The summed E-state index contributed by atoms with van der Waals surface area (Å²) in [5.41, 5.74) is 2.41. The van der Waals surface area contributed by atoms with Gasteiger partial charge in [-0.25, -0.2) is 0 Å². The first kappa shape index (κ1) is 20.2. The van der Waals surface area contributed by atoms with E-state index in [4.69, 9.17) is 4.42 Å². The Balaban J connectivity index is 1.56. The third kappa shape index (κ3) is 5.03. The molecule has 2 heterocycles. The molecule has 5 heteroatoms. The molecule has 0 spiro atoms. The Morgan fingerprint density at radius 1 is 1.18 bits per heavy atom. The molecule has 2 aromatic rings.